The molecule has 1 heterocycles. The van der Waals surface area contributed by atoms with Crippen molar-refractivity contribution >= 4 is 15.9 Å². The Bertz CT molecular complexity index is 551. The molecule has 0 radical (unpaired) electrons. The third-order valence-electron chi connectivity index (χ3n) is 3.22. The maximum Gasteiger partial charge on any atom is 0.228 e. The lowest BCUT2D eigenvalue weighted by Gasteiger charge is -2.04. The average molecular weight is 308 g/mol. The lowest BCUT2D eigenvalue weighted by atomic mass is 10.1. The SMILES string of the molecule is NC(Cc1nc(-c2ccccc2Br)no1)C1CC1. The Kier molecular flexibility index (Phi) is 3.18. The van der Waals surface area contributed by atoms with E-state index in [0.717, 1.165) is 10.0 Å². The minimum atomic E-state index is 0.150. The van der Waals surface area contributed by atoms with Crippen molar-refractivity contribution in [3.8, 4) is 11.4 Å². The first-order chi connectivity index (χ1) is 8.74. The highest BCUT2D eigenvalue weighted by atomic mass is 79.9. The van der Waals surface area contributed by atoms with Gasteiger partial charge in [0.2, 0.25) is 11.7 Å². The van der Waals surface area contributed by atoms with E-state index in [2.05, 4.69) is 26.1 Å². The molecule has 1 aliphatic rings. The fourth-order valence-electron chi connectivity index (χ4n) is 1.98. The van der Waals surface area contributed by atoms with Gasteiger partial charge in [-0.15, -0.1) is 0 Å². The van der Waals surface area contributed by atoms with Gasteiger partial charge in [-0.1, -0.05) is 33.2 Å². The number of hydrogen-bond acceptors (Lipinski definition) is 4. The zero-order valence-electron chi connectivity index (χ0n) is 9.84. The molecule has 5 heteroatoms. The summed E-state index contributed by atoms with van der Waals surface area (Å²) in [5, 5.41) is 4.01. The summed E-state index contributed by atoms with van der Waals surface area (Å²) in [7, 11) is 0. The molecule has 3 rings (SSSR count). The Morgan fingerprint density at radius 2 is 2.17 bits per heavy atom. The van der Waals surface area contributed by atoms with Gasteiger partial charge in [0.05, 0.1) is 0 Å². The van der Waals surface area contributed by atoms with Crippen LogP contribution in [0.1, 0.15) is 18.7 Å². The molecule has 2 aromatic rings. The highest BCUT2D eigenvalue weighted by molar-refractivity contribution is 9.10. The number of nitrogens with zero attached hydrogens (tertiary/aromatic N) is 2. The van der Waals surface area contributed by atoms with Gasteiger partial charge in [0.1, 0.15) is 0 Å². The summed E-state index contributed by atoms with van der Waals surface area (Å²) in [5.74, 6) is 1.88. The van der Waals surface area contributed by atoms with Crippen molar-refractivity contribution < 1.29 is 4.52 Å². The van der Waals surface area contributed by atoms with Gasteiger partial charge in [0.15, 0.2) is 0 Å². The lowest BCUT2D eigenvalue weighted by Crippen LogP contribution is -2.25. The van der Waals surface area contributed by atoms with Crippen LogP contribution in [0.2, 0.25) is 0 Å². The van der Waals surface area contributed by atoms with Crippen LogP contribution in [0.5, 0.6) is 0 Å². The van der Waals surface area contributed by atoms with E-state index in [4.69, 9.17) is 10.3 Å². The van der Waals surface area contributed by atoms with Crippen LogP contribution in [-0.2, 0) is 6.42 Å². The molecule has 1 unspecified atom stereocenters. The summed E-state index contributed by atoms with van der Waals surface area (Å²) in [5.41, 5.74) is 6.99. The van der Waals surface area contributed by atoms with Crippen LogP contribution in [0.3, 0.4) is 0 Å². The van der Waals surface area contributed by atoms with Gasteiger partial charge in [-0.25, -0.2) is 0 Å². The molecule has 0 spiro atoms. The van der Waals surface area contributed by atoms with Gasteiger partial charge in [-0.05, 0) is 30.9 Å². The van der Waals surface area contributed by atoms with Crippen LogP contribution in [0.25, 0.3) is 11.4 Å². The van der Waals surface area contributed by atoms with Crippen LogP contribution >= 0.6 is 15.9 Å². The second kappa shape index (κ2) is 4.82. The molecule has 1 aromatic carbocycles. The maximum atomic E-state index is 6.05. The number of hydrogen-bond donors (Lipinski definition) is 1. The van der Waals surface area contributed by atoms with E-state index in [0.29, 0.717) is 24.1 Å². The molecule has 2 N–H and O–H groups in total. The van der Waals surface area contributed by atoms with Gasteiger partial charge in [-0.3, -0.25) is 0 Å². The fourth-order valence-corrected chi connectivity index (χ4v) is 2.44. The predicted molar refractivity (Wildman–Crippen MR) is 71.8 cm³/mol. The number of halogens is 1. The molecule has 18 heavy (non-hydrogen) atoms. The standard InChI is InChI=1S/C13H14BrN3O/c14-10-4-2-1-3-9(10)13-16-12(18-17-13)7-11(15)8-5-6-8/h1-4,8,11H,5-7,15H2. The van der Waals surface area contributed by atoms with Crippen molar-refractivity contribution in [2.75, 3.05) is 0 Å². The maximum absolute atomic E-state index is 6.05. The topological polar surface area (TPSA) is 64.9 Å². The van der Waals surface area contributed by atoms with Crippen molar-refractivity contribution in [1.29, 1.82) is 0 Å². The third kappa shape index (κ3) is 2.47. The molecule has 4 nitrogen and oxygen atoms in total. The Labute approximate surface area is 114 Å². The van der Waals surface area contributed by atoms with Crippen LogP contribution in [0.4, 0.5) is 0 Å². The van der Waals surface area contributed by atoms with Gasteiger partial charge >= 0.3 is 0 Å². The summed E-state index contributed by atoms with van der Waals surface area (Å²) in [4.78, 5) is 4.40. The Balaban J connectivity index is 1.78. The van der Waals surface area contributed by atoms with Crippen molar-refractivity contribution in [2.45, 2.75) is 25.3 Å². The summed E-state index contributed by atoms with van der Waals surface area (Å²) in [6.07, 6.45) is 3.13. The van der Waals surface area contributed by atoms with Gasteiger partial charge in [-0.2, -0.15) is 4.98 Å². The summed E-state index contributed by atoms with van der Waals surface area (Å²) in [6, 6.07) is 7.97. The molecular formula is C13H14BrN3O. The molecule has 1 atom stereocenters. The van der Waals surface area contributed by atoms with E-state index in [1.165, 1.54) is 12.8 Å². The van der Waals surface area contributed by atoms with Crippen LogP contribution < -0.4 is 5.73 Å². The molecule has 1 aromatic heterocycles. The second-order valence-electron chi connectivity index (χ2n) is 4.70. The Morgan fingerprint density at radius 3 is 2.89 bits per heavy atom. The summed E-state index contributed by atoms with van der Waals surface area (Å²) < 4.78 is 6.22. The van der Waals surface area contributed by atoms with Crippen molar-refractivity contribution in [2.24, 2.45) is 11.7 Å². The average Bonchev–Trinajstić information content (AvgIpc) is 3.12. The first-order valence-electron chi connectivity index (χ1n) is 6.07. The largest absolute Gasteiger partial charge is 0.339 e. The quantitative estimate of drug-likeness (QED) is 0.943. The summed E-state index contributed by atoms with van der Waals surface area (Å²) in [6.45, 7) is 0. The second-order valence-corrected chi connectivity index (χ2v) is 5.55. The van der Waals surface area contributed by atoms with Crippen molar-refractivity contribution in [3.05, 3.63) is 34.6 Å². The smallest absolute Gasteiger partial charge is 0.228 e. The van der Waals surface area contributed by atoms with Crippen LogP contribution in [0, 0.1) is 5.92 Å². The van der Waals surface area contributed by atoms with Gasteiger partial charge in [0, 0.05) is 22.5 Å². The van der Waals surface area contributed by atoms with Crippen molar-refractivity contribution in [3.63, 3.8) is 0 Å². The fraction of sp³-hybridized carbons (Fsp3) is 0.385. The number of rotatable bonds is 4. The molecule has 0 amide bonds. The first-order valence-corrected chi connectivity index (χ1v) is 6.86. The molecule has 0 bridgehead atoms. The van der Waals surface area contributed by atoms with E-state index >= 15 is 0 Å². The van der Waals surface area contributed by atoms with Crippen molar-refractivity contribution in [1.82, 2.24) is 10.1 Å². The predicted octanol–water partition coefficient (Wildman–Crippen LogP) is 2.78. The molecular weight excluding hydrogens is 294 g/mol. The minimum Gasteiger partial charge on any atom is -0.339 e. The molecule has 0 saturated heterocycles. The molecule has 1 aliphatic carbocycles. The molecule has 1 saturated carbocycles. The Morgan fingerprint density at radius 1 is 1.39 bits per heavy atom. The van der Waals surface area contributed by atoms with E-state index < -0.39 is 0 Å². The van der Waals surface area contributed by atoms with E-state index in [1.807, 2.05) is 24.3 Å². The number of aromatic nitrogens is 2. The van der Waals surface area contributed by atoms with Gasteiger partial charge < -0.3 is 10.3 Å². The van der Waals surface area contributed by atoms with E-state index in [-0.39, 0.29) is 6.04 Å². The summed E-state index contributed by atoms with van der Waals surface area (Å²) >= 11 is 3.48. The molecule has 1 fully saturated rings. The Hall–Kier alpha value is -1.20. The molecule has 94 valence electrons. The lowest BCUT2D eigenvalue weighted by molar-refractivity contribution is 0.364. The highest BCUT2D eigenvalue weighted by Crippen LogP contribution is 2.33. The highest BCUT2D eigenvalue weighted by Gasteiger charge is 2.29. The monoisotopic (exact) mass is 307 g/mol. The first kappa shape index (κ1) is 11.9. The van der Waals surface area contributed by atoms with Gasteiger partial charge in [0.25, 0.3) is 0 Å². The van der Waals surface area contributed by atoms with E-state index in [1.54, 1.807) is 0 Å². The molecule has 0 aliphatic heterocycles. The minimum absolute atomic E-state index is 0.150. The zero-order valence-corrected chi connectivity index (χ0v) is 11.4. The number of benzene rings is 1. The number of nitrogens with two attached hydrogens (primary N) is 1. The normalized spacial score (nSPS) is 16.8. The third-order valence-corrected chi connectivity index (χ3v) is 3.91. The van der Waals surface area contributed by atoms with Crippen LogP contribution in [0.15, 0.2) is 33.3 Å². The van der Waals surface area contributed by atoms with Crippen LogP contribution in [-0.4, -0.2) is 16.2 Å². The zero-order chi connectivity index (χ0) is 12.5. The van der Waals surface area contributed by atoms with E-state index in [9.17, 15) is 0 Å².